The number of hydrogen-bond acceptors (Lipinski definition) is 5. The number of aryl methyl sites for hydroxylation is 1. The van der Waals surface area contributed by atoms with E-state index in [9.17, 15) is 21.6 Å². The molecule has 1 aromatic carbocycles. The van der Waals surface area contributed by atoms with Gasteiger partial charge in [-0.2, -0.15) is 4.99 Å². The van der Waals surface area contributed by atoms with Crippen LogP contribution in [0.4, 0.5) is 0 Å². The molecule has 1 amide bonds. The molecule has 0 fully saturated rings. The van der Waals surface area contributed by atoms with E-state index < -0.39 is 41.7 Å². The van der Waals surface area contributed by atoms with Crippen LogP contribution >= 0.6 is 0 Å². The molecule has 0 spiro atoms. The maximum atomic E-state index is 12.9. The van der Waals surface area contributed by atoms with Crippen LogP contribution in [-0.4, -0.2) is 40.2 Å². The molecule has 146 valence electrons. The molecule has 8 nitrogen and oxygen atoms in total. The van der Waals surface area contributed by atoms with Crippen LogP contribution in [0, 0.1) is 0 Å². The van der Waals surface area contributed by atoms with Crippen LogP contribution in [0.2, 0.25) is 0 Å². The number of sulfone groups is 2. The van der Waals surface area contributed by atoms with Crippen LogP contribution < -0.4 is 11.5 Å². The molecule has 0 aliphatic heterocycles. The molecule has 0 aliphatic carbocycles. The molecule has 0 aliphatic rings. The summed E-state index contributed by atoms with van der Waals surface area (Å²) in [6.45, 7) is 5.10. The fraction of sp³-hybridized carbons (Fsp3) is 0.500. The van der Waals surface area contributed by atoms with E-state index in [0.29, 0.717) is 24.8 Å². The fourth-order valence-electron chi connectivity index (χ4n) is 2.56. The summed E-state index contributed by atoms with van der Waals surface area (Å²) in [5.74, 6) is -1.29. The number of nitrogens with zero attached hydrogens (tertiary/aromatic N) is 1. The van der Waals surface area contributed by atoms with Crippen molar-refractivity contribution in [3.8, 4) is 0 Å². The minimum Gasteiger partial charge on any atom is -0.370 e. The Morgan fingerprint density at radius 2 is 1.69 bits per heavy atom. The lowest BCUT2D eigenvalue weighted by atomic mass is 10.0. The van der Waals surface area contributed by atoms with Gasteiger partial charge in [0.15, 0.2) is 25.6 Å². The standard InChI is InChI=1S/C16H25N3O5S2/c1-5-7-10(3)26(23,24)14-8-11(6-2)12(15(20)19-16(17)18)9-13(14)25(4,21)22/h8-10H,5-7H2,1-4H3,(H4,17,18,19,20). The number of guanidine groups is 1. The highest BCUT2D eigenvalue weighted by molar-refractivity contribution is 7.94. The summed E-state index contributed by atoms with van der Waals surface area (Å²) in [6.07, 6.45) is 2.22. The Morgan fingerprint density at radius 3 is 2.12 bits per heavy atom. The van der Waals surface area contributed by atoms with Gasteiger partial charge >= 0.3 is 0 Å². The van der Waals surface area contributed by atoms with Crippen molar-refractivity contribution in [2.45, 2.75) is 55.1 Å². The van der Waals surface area contributed by atoms with Crippen molar-refractivity contribution in [2.75, 3.05) is 6.26 Å². The van der Waals surface area contributed by atoms with E-state index in [1.165, 1.54) is 13.0 Å². The average molecular weight is 404 g/mol. The van der Waals surface area contributed by atoms with Gasteiger partial charge in [-0.3, -0.25) is 4.79 Å². The van der Waals surface area contributed by atoms with Crippen molar-refractivity contribution in [3.63, 3.8) is 0 Å². The maximum Gasteiger partial charge on any atom is 0.280 e. The van der Waals surface area contributed by atoms with Gasteiger partial charge in [-0.15, -0.1) is 0 Å². The molecule has 0 saturated carbocycles. The molecular weight excluding hydrogens is 378 g/mol. The first kappa shape index (κ1) is 22.1. The second-order valence-corrected chi connectivity index (χ2v) is 10.4. The van der Waals surface area contributed by atoms with Crippen LogP contribution in [0.3, 0.4) is 0 Å². The van der Waals surface area contributed by atoms with Gasteiger partial charge in [0.25, 0.3) is 5.91 Å². The van der Waals surface area contributed by atoms with Crippen LogP contribution in [0.1, 0.15) is 49.5 Å². The summed E-state index contributed by atoms with van der Waals surface area (Å²) < 4.78 is 50.2. The largest absolute Gasteiger partial charge is 0.370 e. The van der Waals surface area contributed by atoms with E-state index in [1.807, 2.05) is 6.92 Å². The second kappa shape index (κ2) is 8.17. The minimum absolute atomic E-state index is 0.0385. The molecule has 0 radical (unpaired) electrons. The van der Waals surface area contributed by atoms with Crippen molar-refractivity contribution in [2.24, 2.45) is 16.5 Å². The maximum absolute atomic E-state index is 12.9. The van der Waals surface area contributed by atoms with Crippen LogP contribution in [0.25, 0.3) is 0 Å². The van der Waals surface area contributed by atoms with Gasteiger partial charge < -0.3 is 11.5 Å². The van der Waals surface area contributed by atoms with Gasteiger partial charge in [-0.25, -0.2) is 16.8 Å². The molecule has 26 heavy (non-hydrogen) atoms. The molecule has 10 heteroatoms. The Morgan fingerprint density at radius 1 is 1.12 bits per heavy atom. The van der Waals surface area contributed by atoms with Crippen LogP contribution in [0.15, 0.2) is 26.9 Å². The van der Waals surface area contributed by atoms with Gasteiger partial charge in [0.1, 0.15) is 0 Å². The Labute approximate surface area is 154 Å². The number of benzene rings is 1. The molecular formula is C16H25N3O5S2. The third-order valence-corrected chi connectivity index (χ3v) is 7.45. The number of hydrogen-bond donors (Lipinski definition) is 2. The molecule has 0 bridgehead atoms. The predicted molar refractivity (Wildman–Crippen MR) is 101 cm³/mol. The van der Waals surface area contributed by atoms with E-state index in [4.69, 9.17) is 11.5 Å². The van der Waals surface area contributed by atoms with E-state index in [1.54, 1.807) is 6.92 Å². The van der Waals surface area contributed by atoms with Gasteiger partial charge in [0, 0.05) is 11.8 Å². The number of rotatable bonds is 7. The number of aliphatic imine (C=N–C) groups is 1. The monoisotopic (exact) mass is 403 g/mol. The van der Waals surface area contributed by atoms with E-state index >= 15 is 0 Å². The first-order chi connectivity index (χ1) is 11.9. The summed E-state index contributed by atoms with van der Waals surface area (Å²) >= 11 is 0. The number of carbonyl (C=O) groups excluding carboxylic acids is 1. The van der Waals surface area contributed by atoms with Gasteiger partial charge in [0.05, 0.1) is 15.0 Å². The van der Waals surface area contributed by atoms with Crippen molar-refractivity contribution < 1.29 is 21.6 Å². The Balaban J connectivity index is 3.84. The molecule has 1 aromatic rings. The number of nitrogens with two attached hydrogens (primary N) is 2. The summed E-state index contributed by atoms with van der Waals surface area (Å²) in [4.78, 5) is 14.9. The zero-order valence-corrected chi connectivity index (χ0v) is 16.9. The Hall–Kier alpha value is -1.94. The molecule has 0 saturated heterocycles. The summed E-state index contributed by atoms with van der Waals surface area (Å²) in [7, 11) is -7.81. The molecule has 1 rings (SSSR count). The first-order valence-corrected chi connectivity index (χ1v) is 11.5. The normalized spacial score (nSPS) is 13.2. The van der Waals surface area contributed by atoms with Crippen molar-refractivity contribution in [1.82, 2.24) is 0 Å². The second-order valence-electron chi connectivity index (χ2n) is 6.07. The fourth-order valence-corrected chi connectivity index (χ4v) is 5.75. The third-order valence-electron chi connectivity index (χ3n) is 3.94. The zero-order valence-electron chi connectivity index (χ0n) is 15.3. The average Bonchev–Trinajstić information content (AvgIpc) is 2.52. The summed E-state index contributed by atoms with van der Waals surface area (Å²) in [6, 6.07) is 2.29. The van der Waals surface area contributed by atoms with E-state index in [0.717, 1.165) is 12.3 Å². The molecule has 1 unspecified atom stereocenters. The summed E-state index contributed by atoms with van der Waals surface area (Å²) in [5, 5.41) is -0.753. The lowest BCUT2D eigenvalue weighted by Gasteiger charge is -2.17. The lowest BCUT2D eigenvalue weighted by Crippen LogP contribution is -2.25. The Kier molecular flexibility index (Phi) is 6.95. The third kappa shape index (κ3) is 4.82. The number of amides is 1. The topological polar surface area (TPSA) is 150 Å². The first-order valence-electron chi connectivity index (χ1n) is 8.11. The van der Waals surface area contributed by atoms with Gasteiger partial charge in [-0.05, 0) is 37.5 Å². The van der Waals surface area contributed by atoms with Crippen molar-refractivity contribution in [3.05, 3.63) is 23.3 Å². The molecule has 4 N–H and O–H groups in total. The van der Waals surface area contributed by atoms with Gasteiger partial charge in [0.2, 0.25) is 0 Å². The highest BCUT2D eigenvalue weighted by Gasteiger charge is 2.31. The summed E-state index contributed by atoms with van der Waals surface area (Å²) in [5.41, 5.74) is 10.7. The predicted octanol–water partition coefficient (Wildman–Crippen LogP) is 1.03. The highest BCUT2D eigenvalue weighted by Crippen LogP contribution is 2.30. The molecule has 0 aromatic heterocycles. The van der Waals surface area contributed by atoms with E-state index in [-0.39, 0.29) is 10.5 Å². The quantitative estimate of drug-likeness (QED) is 0.510. The molecule has 1 atom stereocenters. The van der Waals surface area contributed by atoms with Crippen molar-refractivity contribution >= 4 is 31.5 Å². The molecule has 0 heterocycles. The van der Waals surface area contributed by atoms with Crippen molar-refractivity contribution in [1.29, 1.82) is 0 Å². The highest BCUT2D eigenvalue weighted by atomic mass is 32.2. The number of carbonyl (C=O) groups is 1. The Bertz CT molecular complexity index is 931. The van der Waals surface area contributed by atoms with E-state index in [2.05, 4.69) is 4.99 Å². The zero-order chi connectivity index (χ0) is 20.3. The van der Waals surface area contributed by atoms with Crippen LogP contribution in [-0.2, 0) is 26.1 Å². The minimum atomic E-state index is -3.92. The SMILES string of the molecule is CCCC(C)S(=O)(=O)c1cc(CC)c(C(=O)N=C(N)N)cc1S(C)(=O)=O. The van der Waals surface area contributed by atoms with Crippen LogP contribution in [0.5, 0.6) is 0 Å². The lowest BCUT2D eigenvalue weighted by molar-refractivity contribution is 0.100. The van der Waals surface area contributed by atoms with Gasteiger partial charge in [-0.1, -0.05) is 20.3 Å². The smallest absolute Gasteiger partial charge is 0.280 e.